The molecule has 1 aromatic heterocycles. The van der Waals surface area contributed by atoms with E-state index in [1.54, 1.807) is 13.1 Å². The second kappa shape index (κ2) is 7.53. The molecule has 0 aliphatic rings. The fourth-order valence-electron chi connectivity index (χ4n) is 2.48. The van der Waals surface area contributed by atoms with Gasteiger partial charge >= 0.3 is 5.69 Å². The minimum atomic E-state index is -0.611. The quantitative estimate of drug-likeness (QED) is 0.834. The fourth-order valence-corrected chi connectivity index (χ4v) is 2.71. The van der Waals surface area contributed by atoms with Crippen LogP contribution < -0.4 is 21.9 Å². The van der Waals surface area contributed by atoms with Gasteiger partial charge in [-0.3, -0.25) is 14.3 Å². The highest BCUT2D eigenvalue weighted by atomic mass is 35.5. The zero-order valence-corrected chi connectivity index (χ0v) is 14.4. The molecule has 0 atom stereocenters. The molecule has 0 saturated heterocycles. The van der Waals surface area contributed by atoms with Crippen molar-refractivity contribution < 1.29 is 4.39 Å². The Kier molecular flexibility index (Phi) is 5.66. The molecule has 3 N–H and O–H groups in total. The second-order valence-electron chi connectivity index (χ2n) is 5.55. The van der Waals surface area contributed by atoms with Crippen LogP contribution in [-0.4, -0.2) is 16.6 Å². The summed E-state index contributed by atoms with van der Waals surface area (Å²) in [5.41, 5.74) is 5.24. The number of anilines is 2. The van der Waals surface area contributed by atoms with Gasteiger partial charge in [-0.25, -0.2) is 9.18 Å². The lowest BCUT2D eigenvalue weighted by atomic mass is 10.2. The minimum Gasteiger partial charge on any atom is -0.383 e. The summed E-state index contributed by atoms with van der Waals surface area (Å²) in [4.78, 5) is 27.8. The van der Waals surface area contributed by atoms with Crippen molar-refractivity contribution >= 4 is 23.1 Å². The molecule has 1 aromatic carbocycles. The number of aromatic nitrogens is 2. The fraction of sp³-hybridized carbons (Fsp3) is 0.375. The average molecular weight is 355 g/mol. The minimum absolute atomic E-state index is 0.0464. The van der Waals surface area contributed by atoms with Crippen molar-refractivity contribution in [2.75, 3.05) is 17.7 Å². The number of hydrogen-bond donors (Lipinski definition) is 2. The lowest BCUT2D eigenvalue weighted by Gasteiger charge is -2.22. The van der Waals surface area contributed by atoms with Crippen molar-refractivity contribution in [3.8, 4) is 0 Å². The zero-order valence-electron chi connectivity index (χ0n) is 13.6. The predicted molar refractivity (Wildman–Crippen MR) is 94.2 cm³/mol. The van der Waals surface area contributed by atoms with Crippen LogP contribution in [0.1, 0.15) is 25.3 Å². The van der Waals surface area contributed by atoms with Gasteiger partial charge in [0.2, 0.25) is 0 Å². The Balaban J connectivity index is 2.44. The van der Waals surface area contributed by atoms with E-state index in [1.807, 2.05) is 6.92 Å². The number of hydrogen-bond acceptors (Lipinski definition) is 4. The van der Waals surface area contributed by atoms with Gasteiger partial charge in [-0.1, -0.05) is 31.0 Å². The third kappa shape index (κ3) is 3.62. The van der Waals surface area contributed by atoms with Gasteiger partial charge in [-0.15, -0.1) is 0 Å². The van der Waals surface area contributed by atoms with E-state index in [1.165, 1.54) is 21.6 Å². The Morgan fingerprint density at radius 3 is 2.71 bits per heavy atom. The van der Waals surface area contributed by atoms with Crippen LogP contribution in [0.15, 0.2) is 27.8 Å². The third-order valence-electron chi connectivity index (χ3n) is 3.79. The normalized spacial score (nSPS) is 10.8. The molecule has 0 saturated carbocycles. The molecule has 0 bridgehead atoms. The Morgan fingerprint density at radius 2 is 2.08 bits per heavy atom. The summed E-state index contributed by atoms with van der Waals surface area (Å²) < 4.78 is 15.3. The largest absolute Gasteiger partial charge is 0.383 e. The summed E-state index contributed by atoms with van der Waals surface area (Å²) in [6, 6.07) is 4.38. The molecule has 0 spiro atoms. The highest BCUT2D eigenvalue weighted by molar-refractivity contribution is 6.31. The van der Waals surface area contributed by atoms with Crippen molar-refractivity contribution in [3.05, 3.63) is 55.4 Å². The van der Waals surface area contributed by atoms with Crippen LogP contribution >= 0.6 is 11.6 Å². The van der Waals surface area contributed by atoms with Gasteiger partial charge in [0.1, 0.15) is 17.3 Å². The number of halogens is 2. The smallest absolute Gasteiger partial charge is 0.330 e. The van der Waals surface area contributed by atoms with Crippen molar-refractivity contribution in [2.45, 2.75) is 32.9 Å². The van der Waals surface area contributed by atoms with E-state index in [2.05, 4.69) is 4.98 Å². The molecular formula is C16H20ClFN4O2. The van der Waals surface area contributed by atoms with Crippen molar-refractivity contribution in [1.82, 2.24) is 9.55 Å². The van der Waals surface area contributed by atoms with E-state index < -0.39 is 17.1 Å². The Labute approximate surface area is 143 Å². The SMILES string of the molecule is CCCCn1c(N)c(N(C)Cc2c(F)cccc2Cl)c(=O)[nH]c1=O. The molecule has 0 unspecified atom stereocenters. The van der Waals surface area contributed by atoms with Crippen LogP contribution in [0, 0.1) is 5.82 Å². The Morgan fingerprint density at radius 1 is 1.38 bits per heavy atom. The number of rotatable bonds is 6. The van der Waals surface area contributed by atoms with Gasteiger partial charge < -0.3 is 10.6 Å². The van der Waals surface area contributed by atoms with Gasteiger partial charge in [0.25, 0.3) is 5.56 Å². The van der Waals surface area contributed by atoms with E-state index in [4.69, 9.17) is 17.3 Å². The van der Waals surface area contributed by atoms with E-state index in [9.17, 15) is 14.0 Å². The first-order valence-electron chi connectivity index (χ1n) is 7.63. The maximum absolute atomic E-state index is 14.0. The third-order valence-corrected chi connectivity index (χ3v) is 4.14. The number of H-pyrrole nitrogens is 1. The van der Waals surface area contributed by atoms with Crippen molar-refractivity contribution in [2.24, 2.45) is 0 Å². The van der Waals surface area contributed by atoms with Crippen LogP contribution in [0.4, 0.5) is 15.9 Å². The molecule has 1 heterocycles. The summed E-state index contributed by atoms with van der Waals surface area (Å²) in [5.74, 6) is -0.407. The number of nitrogens with one attached hydrogen (secondary N) is 1. The van der Waals surface area contributed by atoms with Gasteiger partial charge in [0.15, 0.2) is 0 Å². The van der Waals surface area contributed by atoms with Gasteiger partial charge in [-0.05, 0) is 18.6 Å². The predicted octanol–water partition coefficient (Wildman–Crippen LogP) is 2.35. The first kappa shape index (κ1) is 18.1. The van der Waals surface area contributed by atoms with Crippen molar-refractivity contribution in [1.29, 1.82) is 0 Å². The first-order chi connectivity index (χ1) is 11.4. The van der Waals surface area contributed by atoms with Gasteiger partial charge in [-0.2, -0.15) is 0 Å². The topological polar surface area (TPSA) is 84.1 Å². The summed E-state index contributed by atoms with van der Waals surface area (Å²) >= 11 is 6.03. The average Bonchev–Trinajstić information content (AvgIpc) is 2.50. The van der Waals surface area contributed by atoms with Gasteiger partial charge in [0.05, 0.1) is 0 Å². The number of nitrogen functional groups attached to an aromatic ring is 1. The molecule has 6 nitrogen and oxygen atoms in total. The molecule has 2 aromatic rings. The lowest BCUT2D eigenvalue weighted by Crippen LogP contribution is -2.37. The molecule has 2 rings (SSSR count). The summed E-state index contributed by atoms with van der Waals surface area (Å²) in [7, 11) is 1.60. The number of aromatic amines is 1. The second-order valence-corrected chi connectivity index (χ2v) is 5.96. The molecular weight excluding hydrogens is 335 g/mol. The zero-order chi connectivity index (χ0) is 17.9. The number of nitrogens with two attached hydrogens (primary N) is 1. The molecule has 0 fully saturated rings. The van der Waals surface area contributed by atoms with E-state index in [-0.39, 0.29) is 28.6 Å². The van der Waals surface area contributed by atoms with E-state index >= 15 is 0 Å². The molecule has 0 amide bonds. The summed E-state index contributed by atoms with van der Waals surface area (Å²) in [5, 5.41) is 0.260. The lowest BCUT2D eigenvalue weighted by molar-refractivity contribution is 0.599. The number of unbranched alkanes of at least 4 members (excludes halogenated alkanes) is 1. The molecule has 24 heavy (non-hydrogen) atoms. The maximum Gasteiger partial charge on any atom is 0.330 e. The molecule has 0 radical (unpaired) electrons. The number of benzene rings is 1. The highest BCUT2D eigenvalue weighted by Gasteiger charge is 2.18. The Hall–Kier alpha value is -2.28. The van der Waals surface area contributed by atoms with E-state index in [0.717, 1.165) is 12.8 Å². The van der Waals surface area contributed by atoms with Crippen LogP contribution in [0.5, 0.6) is 0 Å². The standard InChI is InChI=1S/C16H20ClFN4O2/c1-3-4-8-22-14(19)13(15(23)20-16(22)24)21(2)9-10-11(17)6-5-7-12(10)18/h5-7H,3-4,8-9,19H2,1-2H3,(H,20,23,24). The highest BCUT2D eigenvalue weighted by Crippen LogP contribution is 2.23. The Bertz CT molecular complexity index is 827. The van der Waals surface area contributed by atoms with Crippen molar-refractivity contribution in [3.63, 3.8) is 0 Å². The molecule has 8 heteroatoms. The molecule has 0 aliphatic heterocycles. The van der Waals surface area contributed by atoms with Gasteiger partial charge in [0, 0.05) is 30.7 Å². The van der Waals surface area contributed by atoms with Crippen LogP contribution in [0.2, 0.25) is 5.02 Å². The monoisotopic (exact) mass is 354 g/mol. The van der Waals surface area contributed by atoms with Crippen LogP contribution in [0.3, 0.4) is 0 Å². The van der Waals surface area contributed by atoms with Crippen LogP contribution in [0.25, 0.3) is 0 Å². The van der Waals surface area contributed by atoms with Crippen LogP contribution in [-0.2, 0) is 13.1 Å². The maximum atomic E-state index is 14.0. The number of nitrogens with zero attached hydrogens (tertiary/aromatic N) is 2. The molecule has 0 aliphatic carbocycles. The molecule has 130 valence electrons. The summed E-state index contributed by atoms with van der Waals surface area (Å²) in [6.45, 7) is 2.43. The first-order valence-corrected chi connectivity index (χ1v) is 8.01. The summed E-state index contributed by atoms with van der Waals surface area (Å²) in [6.07, 6.45) is 1.62. The van der Waals surface area contributed by atoms with E-state index in [0.29, 0.717) is 6.54 Å².